The van der Waals surface area contributed by atoms with E-state index >= 15 is 0 Å². The standard InChI is InChI=1S/C16H16FNO2/c1-11-3-2-4-13(7-11)16(20)18-9-12-5-6-15(17)14(8-12)10-19/h2-8,19H,9-10H2,1H3,(H,18,20). The van der Waals surface area contributed by atoms with E-state index in [9.17, 15) is 9.18 Å². The minimum atomic E-state index is -0.443. The largest absolute Gasteiger partial charge is 0.392 e. The third-order valence-corrected chi connectivity index (χ3v) is 3.01. The van der Waals surface area contributed by atoms with Crippen molar-refractivity contribution in [3.05, 3.63) is 70.5 Å². The van der Waals surface area contributed by atoms with Gasteiger partial charge in [0.05, 0.1) is 6.61 Å². The lowest BCUT2D eigenvalue weighted by atomic mass is 10.1. The van der Waals surface area contributed by atoms with Gasteiger partial charge >= 0.3 is 0 Å². The highest BCUT2D eigenvalue weighted by Crippen LogP contribution is 2.11. The predicted molar refractivity (Wildman–Crippen MR) is 74.7 cm³/mol. The van der Waals surface area contributed by atoms with E-state index in [-0.39, 0.29) is 18.1 Å². The molecule has 2 rings (SSSR count). The fraction of sp³-hybridized carbons (Fsp3) is 0.188. The van der Waals surface area contributed by atoms with Crippen molar-refractivity contribution in [3.8, 4) is 0 Å². The van der Waals surface area contributed by atoms with Crippen molar-refractivity contribution >= 4 is 5.91 Å². The van der Waals surface area contributed by atoms with Crippen molar-refractivity contribution in [1.82, 2.24) is 5.32 Å². The molecule has 0 radical (unpaired) electrons. The monoisotopic (exact) mass is 273 g/mol. The Morgan fingerprint density at radius 2 is 2.05 bits per heavy atom. The molecule has 2 N–H and O–H groups in total. The van der Waals surface area contributed by atoms with Crippen molar-refractivity contribution < 1.29 is 14.3 Å². The van der Waals surface area contributed by atoms with Crippen molar-refractivity contribution in [2.45, 2.75) is 20.1 Å². The van der Waals surface area contributed by atoms with Gasteiger partial charge in [-0.15, -0.1) is 0 Å². The first-order chi connectivity index (χ1) is 9.60. The first kappa shape index (κ1) is 14.2. The molecular weight excluding hydrogens is 257 g/mol. The van der Waals surface area contributed by atoms with Crippen LogP contribution in [0, 0.1) is 12.7 Å². The van der Waals surface area contributed by atoms with Crippen LogP contribution in [0.5, 0.6) is 0 Å². The highest BCUT2D eigenvalue weighted by Gasteiger charge is 2.07. The van der Waals surface area contributed by atoms with Crippen molar-refractivity contribution in [2.24, 2.45) is 0 Å². The van der Waals surface area contributed by atoms with Gasteiger partial charge in [0, 0.05) is 17.7 Å². The molecule has 1 amide bonds. The van der Waals surface area contributed by atoms with Crippen molar-refractivity contribution in [3.63, 3.8) is 0 Å². The van der Waals surface area contributed by atoms with E-state index < -0.39 is 5.82 Å². The smallest absolute Gasteiger partial charge is 0.251 e. The Morgan fingerprint density at radius 1 is 1.25 bits per heavy atom. The number of nitrogens with one attached hydrogen (secondary N) is 1. The molecule has 0 aromatic heterocycles. The Labute approximate surface area is 117 Å². The van der Waals surface area contributed by atoms with Gasteiger partial charge in [-0.2, -0.15) is 0 Å². The third kappa shape index (κ3) is 3.42. The second kappa shape index (κ2) is 6.30. The first-order valence-corrected chi connectivity index (χ1v) is 6.33. The van der Waals surface area contributed by atoms with Gasteiger partial charge in [0.2, 0.25) is 0 Å². The molecule has 0 aliphatic rings. The average molecular weight is 273 g/mol. The lowest BCUT2D eigenvalue weighted by molar-refractivity contribution is 0.0951. The van der Waals surface area contributed by atoms with Gasteiger partial charge in [-0.1, -0.05) is 23.8 Å². The van der Waals surface area contributed by atoms with Gasteiger partial charge in [-0.25, -0.2) is 4.39 Å². The molecule has 0 unspecified atom stereocenters. The summed E-state index contributed by atoms with van der Waals surface area (Å²) in [7, 11) is 0. The zero-order valence-electron chi connectivity index (χ0n) is 11.2. The van der Waals surface area contributed by atoms with Crippen LogP contribution in [0.25, 0.3) is 0 Å². The number of carbonyl (C=O) groups is 1. The lowest BCUT2D eigenvalue weighted by Crippen LogP contribution is -2.22. The van der Waals surface area contributed by atoms with Gasteiger partial charge in [0.15, 0.2) is 0 Å². The Hall–Kier alpha value is -2.20. The number of benzene rings is 2. The Bertz CT molecular complexity index is 626. The SMILES string of the molecule is Cc1cccc(C(=O)NCc2ccc(F)c(CO)c2)c1. The van der Waals surface area contributed by atoms with Gasteiger partial charge < -0.3 is 10.4 Å². The van der Waals surface area contributed by atoms with E-state index in [2.05, 4.69) is 5.32 Å². The highest BCUT2D eigenvalue weighted by atomic mass is 19.1. The lowest BCUT2D eigenvalue weighted by Gasteiger charge is -2.08. The summed E-state index contributed by atoms with van der Waals surface area (Å²) in [5, 5.41) is 11.8. The van der Waals surface area contributed by atoms with Crippen LogP contribution in [0.3, 0.4) is 0 Å². The van der Waals surface area contributed by atoms with E-state index in [0.717, 1.165) is 11.1 Å². The Balaban J connectivity index is 2.03. The van der Waals surface area contributed by atoms with Crippen molar-refractivity contribution in [1.29, 1.82) is 0 Å². The molecule has 0 aliphatic heterocycles. The van der Waals surface area contributed by atoms with Gasteiger partial charge in [0.25, 0.3) is 5.91 Å². The Morgan fingerprint density at radius 3 is 2.75 bits per heavy atom. The van der Waals surface area contributed by atoms with Gasteiger partial charge in [-0.05, 0) is 36.8 Å². The highest BCUT2D eigenvalue weighted by molar-refractivity contribution is 5.94. The topological polar surface area (TPSA) is 49.3 Å². The molecule has 0 atom stereocenters. The van der Waals surface area contributed by atoms with E-state index in [1.807, 2.05) is 19.1 Å². The number of aryl methyl sites for hydroxylation is 1. The fourth-order valence-corrected chi connectivity index (χ4v) is 1.93. The van der Waals surface area contributed by atoms with Crippen LogP contribution in [0.4, 0.5) is 4.39 Å². The summed E-state index contributed by atoms with van der Waals surface area (Å²) in [6.07, 6.45) is 0. The minimum Gasteiger partial charge on any atom is -0.392 e. The predicted octanol–water partition coefficient (Wildman–Crippen LogP) is 2.56. The summed E-state index contributed by atoms with van der Waals surface area (Å²) in [6.45, 7) is 1.86. The molecule has 0 saturated heterocycles. The summed E-state index contributed by atoms with van der Waals surface area (Å²) < 4.78 is 13.2. The second-order valence-corrected chi connectivity index (χ2v) is 4.64. The average Bonchev–Trinajstić information content (AvgIpc) is 2.46. The summed E-state index contributed by atoms with van der Waals surface area (Å²) >= 11 is 0. The number of carbonyl (C=O) groups excluding carboxylic acids is 1. The zero-order chi connectivity index (χ0) is 14.5. The maximum absolute atomic E-state index is 13.2. The molecule has 2 aromatic carbocycles. The maximum Gasteiger partial charge on any atom is 0.251 e. The first-order valence-electron chi connectivity index (χ1n) is 6.33. The normalized spacial score (nSPS) is 10.3. The van der Waals surface area contributed by atoms with Crippen LogP contribution in [0.1, 0.15) is 27.0 Å². The number of hydrogen-bond acceptors (Lipinski definition) is 2. The molecular formula is C16H16FNO2. The zero-order valence-corrected chi connectivity index (χ0v) is 11.2. The number of hydrogen-bond donors (Lipinski definition) is 2. The molecule has 0 heterocycles. The summed E-state index contributed by atoms with van der Waals surface area (Å²) in [4.78, 5) is 12.0. The Kier molecular flexibility index (Phi) is 4.48. The molecule has 0 bridgehead atoms. The number of aliphatic hydroxyl groups is 1. The van der Waals surface area contributed by atoms with Crippen LogP contribution < -0.4 is 5.32 Å². The summed E-state index contributed by atoms with van der Waals surface area (Å²) in [5.74, 6) is -0.621. The van der Waals surface area contributed by atoms with E-state index in [1.165, 1.54) is 6.07 Å². The van der Waals surface area contributed by atoms with Crippen LogP contribution in [-0.4, -0.2) is 11.0 Å². The fourth-order valence-electron chi connectivity index (χ4n) is 1.93. The number of rotatable bonds is 4. The summed E-state index contributed by atoms with van der Waals surface area (Å²) in [5.41, 5.74) is 2.58. The number of aliphatic hydroxyl groups excluding tert-OH is 1. The molecule has 20 heavy (non-hydrogen) atoms. The molecule has 0 fully saturated rings. The van der Waals surface area contributed by atoms with Gasteiger partial charge in [-0.3, -0.25) is 4.79 Å². The molecule has 0 spiro atoms. The maximum atomic E-state index is 13.2. The van der Waals surface area contributed by atoms with Crippen molar-refractivity contribution in [2.75, 3.05) is 0 Å². The van der Waals surface area contributed by atoms with Crippen LogP contribution in [-0.2, 0) is 13.2 Å². The quantitative estimate of drug-likeness (QED) is 0.899. The van der Waals surface area contributed by atoms with Gasteiger partial charge in [0.1, 0.15) is 5.82 Å². The third-order valence-electron chi connectivity index (χ3n) is 3.01. The number of halogens is 1. The molecule has 2 aromatic rings. The molecule has 3 nitrogen and oxygen atoms in total. The van der Waals surface area contributed by atoms with E-state index in [4.69, 9.17) is 5.11 Å². The molecule has 0 saturated carbocycles. The second-order valence-electron chi connectivity index (χ2n) is 4.64. The van der Waals surface area contributed by atoms with Crippen LogP contribution >= 0.6 is 0 Å². The molecule has 4 heteroatoms. The molecule has 0 aliphatic carbocycles. The number of amides is 1. The minimum absolute atomic E-state index is 0.177. The van der Waals surface area contributed by atoms with E-state index in [1.54, 1.807) is 24.3 Å². The molecule has 104 valence electrons. The summed E-state index contributed by atoms with van der Waals surface area (Å²) in [6, 6.07) is 11.7. The van der Waals surface area contributed by atoms with Crippen LogP contribution in [0.15, 0.2) is 42.5 Å². The van der Waals surface area contributed by atoms with E-state index in [0.29, 0.717) is 12.1 Å². The van der Waals surface area contributed by atoms with Crippen LogP contribution in [0.2, 0.25) is 0 Å².